The highest BCUT2D eigenvalue weighted by atomic mass is 35.5. The second-order valence-electron chi connectivity index (χ2n) is 4.07. The molecular weight excluding hydrogens is 282 g/mol. The monoisotopic (exact) mass is 295 g/mol. The van der Waals surface area contributed by atoms with Crippen LogP contribution in [-0.4, -0.2) is 29.6 Å². The van der Waals surface area contributed by atoms with Crippen LogP contribution < -0.4 is 10.1 Å². The topological polar surface area (TPSA) is 75.6 Å². The molecule has 1 aromatic carbocycles. The van der Waals surface area contributed by atoms with Gasteiger partial charge in [0.2, 0.25) is 0 Å². The van der Waals surface area contributed by atoms with E-state index in [9.17, 15) is 9.59 Å². The number of carboxylic acid groups (broad SMARTS) is 1. The maximum absolute atomic E-state index is 11.6. The molecule has 0 radical (unpaired) electrons. The van der Waals surface area contributed by atoms with Crippen molar-refractivity contribution in [3.05, 3.63) is 28.8 Å². The standard InChI is InChI=1S/C14H14ClNO4/c1-3-4-12(14(18)19)16-13(17)8-20-10-5-6-11(15)9(2)7-10/h1,5-7,12H,4,8H2,2H3,(H,16,17)(H,18,19). The summed E-state index contributed by atoms with van der Waals surface area (Å²) in [4.78, 5) is 22.4. The van der Waals surface area contributed by atoms with E-state index in [1.54, 1.807) is 18.2 Å². The van der Waals surface area contributed by atoms with Crippen LogP contribution in [0.5, 0.6) is 5.75 Å². The molecule has 0 saturated heterocycles. The van der Waals surface area contributed by atoms with Gasteiger partial charge in [0.25, 0.3) is 5.91 Å². The number of rotatable bonds is 6. The van der Waals surface area contributed by atoms with Crippen molar-refractivity contribution in [2.24, 2.45) is 0 Å². The number of ether oxygens (including phenoxy) is 1. The lowest BCUT2D eigenvalue weighted by atomic mass is 10.2. The minimum Gasteiger partial charge on any atom is -0.484 e. The number of aryl methyl sites for hydroxylation is 1. The summed E-state index contributed by atoms with van der Waals surface area (Å²) in [5, 5.41) is 11.7. The molecule has 0 saturated carbocycles. The van der Waals surface area contributed by atoms with Crippen molar-refractivity contribution in [1.82, 2.24) is 5.32 Å². The molecule has 1 unspecified atom stereocenters. The Morgan fingerprint density at radius 2 is 2.25 bits per heavy atom. The Morgan fingerprint density at radius 1 is 1.55 bits per heavy atom. The van der Waals surface area contributed by atoms with Crippen LogP contribution >= 0.6 is 11.6 Å². The lowest BCUT2D eigenvalue weighted by Crippen LogP contribution is -2.42. The summed E-state index contributed by atoms with van der Waals surface area (Å²) >= 11 is 5.86. The summed E-state index contributed by atoms with van der Waals surface area (Å²) in [6.45, 7) is 1.51. The van der Waals surface area contributed by atoms with E-state index in [4.69, 9.17) is 27.9 Å². The Kier molecular flexibility index (Phi) is 5.88. The van der Waals surface area contributed by atoms with Crippen LogP contribution in [0.25, 0.3) is 0 Å². The zero-order chi connectivity index (χ0) is 15.1. The lowest BCUT2D eigenvalue weighted by Gasteiger charge is -2.12. The fraction of sp³-hybridized carbons (Fsp3) is 0.286. The van der Waals surface area contributed by atoms with E-state index in [-0.39, 0.29) is 13.0 Å². The van der Waals surface area contributed by atoms with E-state index in [1.807, 2.05) is 6.92 Å². The van der Waals surface area contributed by atoms with Gasteiger partial charge in [-0.1, -0.05) is 11.6 Å². The van der Waals surface area contributed by atoms with Crippen LogP contribution in [0.15, 0.2) is 18.2 Å². The number of hydrogen-bond acceptors (Lipinski definition) is 3. The van der Waals surface area contributed by atoms with E-state index in [0.29, 0.717) is 10.8 Å². The predicted octanol–water partition coefficient (Wildman–Crippen LogP) is 1.62. The van der Waals surface area contributed by atoms with Crippen LogP contribution in [0.2, 0.25) is 5.02 Å². The average Bonchev–Trinajstić information content (AvgIpc) is 2.39. The predicted molar refractivity (Wildman–Crippen MR) is 74.7 cm³/mol. The quantitative estimate of drug-likeness (QED) is 0.782. The molecule has 106 valence electrons. The molecular formula is C14H14ClNO4. The van der Waals surface area contributed by atoms with Gasteiger partial charge < -0.3 is 15.2 Å². The number of nitrogens with one attached hydrogen (secondary N) is 1. The fourth-order valence-corrected chi connectivity index (χ4v) is 1.53. The molecule has 0 aliphatic rings. The first kappa shape index (κ1) is 15.9. The van der Waals surface area contributed by atoms with Gasteiger partial charge in [-0.3, -0.25) is 4.79 Å². The second-order valence-corrected chi connectivity index (χ2v) is 4.47. The Labute approximate surface area is 121 Å². The molecule has 0 fully saturated rings. The third-order valence-electron chi connectivity index (χ3n) is 2.45. The fourth-order valence-electron chi connectivity index (χ4n) is 1.41. The number of hydrogen-bond donors (Lipinski definition) is 2. The van der Waals surface area contributed by atoms with Crippen molar-refractivity contribution in [3.8, 4) is 18.1 Å². The van der Waals surface area contributed by atoms with E-state index < -0.39 is 17.9 Å². The molecule has 1 atom stereocenters. The molecule has 0 aliphatic heterocycles. The molecule has 5 nitrogen and oxygen atoms in total. The zero-order valence-corrected chi connectivity index (χ0v) is 11.6. The molecule has 1 rings (SSSR count). The van der Waals surface area contributed by atoms with E-state index >= 15 is 0 Å². The van der Waals surface area contributed by atoms with Crippen LogP contribution in [0.4, 0.5) is 0 Å². The molecule has 0 spiro atoms. The van der Waals surface area contributed by atoms with Crippen molar-refractivity contribution in [1.29, 1.82) is 0 Å². The molecule has 0 aliphatic carbocycles. The number of benzene rings is 1. The van der Waals surface area contributed by atoms with Gasteiger partial charge in [-0.25, -0.2) is 4.79 Å². The summed E-state index contributed by atoms with van der Waals surface area (Å²) in [6, 6.07) is 3.86. The molecule has 1 amide bonds. The molecule has 0 bridgehead atoms. The second kappa shape index (κ2) is 7.41. The maximum atomic E-state index is 11.6. The number of terminal acetylenes is 1. The molecule has 20 heavy (non-hydrogen) atoms. The number of carboxylic acids is 1. The molecule has 0 aromatic heterocycles. The Bertz CT molecular complexity index is 551. The Morgan fingerprint density at radius 3 is 2.80 bits per heavy atom. The van der Waals surface area contributed by atoms with Crippen LogP contribution in [0.1, 0.15) is 12.0 Å². The number of amides is 1. The van der Waals surface area contributed by atoms with E-state index in [1.165, 1.54) is 0 Å². The summed E-state index contributed by atoms with van der Waals surface area (Å²) < 4.78 is 5.25. The van der Waals surface area contributed by atoms with E-state index in [2.05, 4.69) is 11.2 Å². The third-order valence-corrected chi connectivity index (χ3v) is 2.88. The van der Waals surface area contributed by atoms with Crippen molar-refractivity contribution < 1.29 is 19.4 Å². The first-order valence-electron chi connectivity index (χ1n) is 5.78. The highest BCUT2D eigenvalue weighted by molar-refractivity contribution is 6.31. The highest BCUT2D eigenvalue weighted by Crippen LogP contribution is 2.20. The summed E-state index contributed by atoms with van der Waals surface area (Å²) in [6.07, 6.45) is 4.95. The summed E-state index contributed by atoms with van der Waals surface area (Å²) in [5.74, 6) is 0.931. The van der Waals surface area contributed by atoms with Crippen molar-refractivity contribution in [2.45, 2.75) is 19.4 Å². The zero-order valence-electron chi connectivity index (χ0n) is 10.9. The summed E-state index contributed by atoms with van der Waals surface area (Å²) in [5.41, 5.74) is 0.820. The van der Waals surface area contributed by atoms with Gasteiger partial charge in [0.15, 0.2) is 6.61 Å². The van der Waals surface area contributed by atoms with Gasteiger partial charge in [0, 0.05) is 11.4 Å². The normalized spacial score (nSPS) is 11.2. The minimum absolute atomic E-state index is 0.0822. The van der Waals surface area contributed by atoms with Gasteiger partial charge in [0.05, 0.1) is 0 Å². The average molecular weight is 296 g/mol. The van der Waals surface area contributed by atoms with E-state index in [0.717, 1.165) is 5.56 Å². The lowest BCUT2D eigenvalue weighted by molar-refractivity contribution is -0.141. The first-order chi connectivity index (χ1) is 9.43. The van der Waals surface area contributed by atoms with Crippen molar-refractivity contribution >= 4 is 23.5 Å². The van der Waals surface area contributed by atoms with Gasteiger partial charge in [-0.05, 0) is 30.7 Å². The SMILES string of the molecule is C#CCC(NC(=O)COc1ccc(Cl)c(C)c1)C(=O)O. The number of aliphatic carboxylic acids is 1. The van der Waals surface area contributed by atoms with Crippen molar-refractivity contribution in [2.75, 3.05) is 6.61 Å². The van der Waals surface area contributed by atoms with Gasteiger partial charge >= 0.3 is 5.97 Å². The highest BCUT2D eigenvalue weighted by Gasteiger charge is 2.18. The minimum atomic E-state index is -1.18. The molecule has 2 N–H and O–H groups in total. The third kappa shape index (κ3) is 4.82. The Hall–Kier alpha value is -2.19. The van der Waals surface area contributed by atoms with Crippen LogP contribution in [-0.2, 0) is 9.59 Å². The van der Waals surface area contributed by atoms with Gasteiger partial charge in [-0.2, -0.15) is 0 Å². The van der Waals surface area contributed by atoms with Gasteiger partial charge in [0.1, 0.15) is 11.8 Å². The van der Waals surface area contributed by atoms with Crippen LogP contribution in [0.3, 0.4) is 0 Å². The van der Waals surface area contributed by atoms with Gasteiger partial charge in [-0.15, -0.1) is 12.3 Å². The molecule has 1 aromatic rings. The first-order valence-corrected chi connectivity index (χ1v) is 6.16. The maximum Gasteiger partial charge on any atom is 0.327 e. The molecule has 0 heterocycles. The number of halogens is 1. The number of carbonyl (C=O) groups is 2. The van der Waals surface area contributed by atoms with Crippen molar-refractivity contribution in [3.63, 3.8) is 0 Å². The molecule has 6 heteroatoms. The largest absolute Gasteiger partial charge is 0.484 e. The smallest absolute Gasteiger partial charge is 0.327 e. The summed E-state index contributed by atoms with van der Waals surface area (Å²) in [7, 11) is 0. The van der Waals surface area contributed by atoms with Crippen LogP contribution in [0, 0.1) is 19.3 Å². The Balaban J connectivity index is 2.52. The number of carbonyl (C=O) groups excluding carboxylic acids is 1.